The normalized spacial score (nSPS) is 14.6. The SMILES string of the molecule is O=C(C(=O)N1CCN(C(=O)Cc2ccccc2)CC1)c1cccc(C(F)(F)F)c1. The van der Waals surface area contributed by atoms with Crippen molar-refractivity contribution in [1.29, 1.82) is 0 Å². The van der Waals surface area contributed by atoms with Crippen LogP contribution in [0.3, 0.4) is 0 Å². The van der Waals surface area contributed by atoms with Gasteiger partial charge in [0, 0.05) is 31.7 Å². The maximum atomic E-state index is 12.8. The highest BCUT2D eigenvalue weighted by molar-refractivity contribution is 6.42. The largest absolute Gasteiger partial charge is 0.416 e. The molecule has 2 aromatic rings. The zero-order valence-electron chi connectivity index (χ0n) is 15.5. The summed E-state index contributed by atoms with van der Waals surface area (Å²) >= 11 is 0. The van der Waals surface area contributed by atoms with Crippen LogP contribution in [-0.4, -0.2) is 53.6 Å². The van der Waals surface area contributed by atoms with E-state index in [1.54, 1.807) is 4.90 Å². The Labute approximate surface area is 165 Å². The van der Waals surface area contributed by atoms with E-state index in [1.807, 2.05) is 30.3 Å². The lowest BCUT2D eigenvalue weighted by Crippen LogP contribution is -2.52. The zero-order valence-corrected chi connectivity index (χ0v) is 15.5. The van der Waals surface area contributed by atoms with Crippen molar-refractivity contribution in [3.05, 3.63) is 71.3 Å². The Hall–Kier alpha value is -3.16. The van der Waals surface area contributed by atoms with Crippen LogP contribution in [0.1, 0.15) is 21.5 Å². The van der Waals surface area contributed by atoms with Gasteiger partial charge in [0.2, 0.25) is 11.7 Å². The van der Waals surface area contributed by atoms with Gasteiger partial charge in [-0.1, -0.05) is 42.5 Å². The van der Waals surface area contributed by atoms with Crippen molar-refractivity contribution >= 4 is 17.6 Å². The van der Waals surface area contributed by atoms with Gasteiger partial charge < -0.3 is 9.80 Å². The Balaban J connectivity index is 1.58. The third kappa shape index (κ3) is 5.01. The summed E-state index contributed by atoms with van der Waals surface area (Å²) in [5.41, 5.74) is -0.393. The van der Waals surface area contributed by atoms with Gasteiger partial charge in [0.1, 0.15) is 0 Å². The first-order valence-electron chi connectivity index (χ1n) is 9.08. The van der Waals surface area contributed by atoms with Crippen molar-refractivity contribution in [2.24, 2.45) is 0 Å². The van der Waals surface area contributed by atoms with Gasteiger partial charge in [-0.15, -0.1) is 0 Å². The van der Waals surface area contributed by atoms with Gasteiger partial charge in [0.05, 0.1) is 12.0 Å². The number of carbonyl (C=O) groups excluding carboxylic acids is 3. The summed E-state index contributed by atoms with van der Waals surface area (Å²) in [4.78, 5) is 40.0. The molecule has 0 N–H and O–H groups in total. The van der Waals surface area contributed by atoms with Crippen LogP contribution in [0.2, 0.25) is 0 Å². The topological polar surface area (TPSA) is 57.7 Å². The Morgan fingerprint density at radius 3 is 2.07 bits per heavy atom. The maximum Gasteiger partial charge on any atom is 0.416 e. The number of amides is 2. The molecule has 1 fully saturated rings. The molecule has 0 spiro atoms. The molecule has 1 saturated heterocycles. The summed E-state index contributed by atoms with van der Waals surface area (Å²) in [6.07, 6.45) is -4.35. The molecule has 0 bridgehead atoms. The van der Waals surface area contributed by atoms with E-state index < -0.39 is 23.4 Å². The number of nitrogens with zero attached hydrogens (tertiary/aromatic N) is 2. The number of hydrogen-bond acceptors (Lipinski definition) is 3. The number of benzene rings is 2. The first-order chi connectivity index (χ1) is 13.8. The summed E-state index contributed by atoms with van der Waals surface area (Å²) in [5.74, 6) is -1.92. The van der Waals surface area contributed by atoms with Crippen LogP contribution >= 0.6 is 0 Å². The second kappa shape index (κ2) is 8.46. The van der Waals surface area contributed by atoms with Gasteiger partial charge in [-0.05, 0) is 17.7 Å². The van der Waals surface area contributed by atoms with E-state index in [9.17, 15) is 27.6 Å². The first-order valence-corrected chi connectivity index (χ1v) is 9.08. The molecule has 1 heterocycles. The number of carbonyl (C=O) groups is 3. The minimum atomic E-state index is -4.59. The van der Waals surface area contributed by atoms with Crippen molar-refractivity contribution in [2.45, 2.75) is 12.6 Å². The minimum absolute atomic E-state index is 0.0764. The molecule has 1 aliphatic rings. The fourth-order valence-electron chi connectivity index (χ4n) is 3.15. The fraction of sp³-hybridized carbons (Fsp3) is 0.286. The second-order valence-corrected chi connectivity index (χ2v) is 6.74. The Bertz CT molecular complexity index is 905. The molecular formula is C21H19F3N2O3. The lowest BCUT2D eigenvalue weighted by molar-refractivity contribution is -0.137. The van der Waals surface area contributed by atoms with Gasteiger partial charge in [0.25, 0.3) is 5.91 Å². The molecule has 3 rings (SSSR count). The summed E-state index contributed by atoms with van der Waals surface area (Å²) in [6, 6.07) is 13.1. The monoisotopic (exact) mass is 404 g/mol. The van der Waals surface area contributed by atoms with Crippen LogP contribution < -0.4 is 0 Å². The number of alkyl halides is 3. The van der Waals surface area contributed by atoms with Gasteiger partial charge >= 0.3 is 6.18 Å². The molecule has 0 unspecified atom stereocenters. The van der Waals surface area contributed by atoms with E-state index in [0.717, 1.165) is 17.7 Å². The van der Waals surface area contributed by atoms with Gasteiger partial charge in [-0.25, -0.2) is 0 Å². The smallest absolute Gasteiger partial charge is 0.339 e. The van der Waals surface area contributed by atoms with Gasteiger partial charge in [-0.3, -0.25) is 14.4 Å². The molecule has 0 aromatic heterocycles. The highest BCUT2D eigenvalue weighted by Gasteiger charge is 2.33. The number of rotatable bonds is 4. The Morgan fingerprint density at radius 2 is 1.45 bits per heavy atom. The minimum Gasteiger partial charge on any atom is -0.339 e. The summed E-state index contributed by atoms with van der Waals surface area (Å²) < 4.78 is 38.5. The van der Waals surface area contributed by atoms with Crippen molar-refractivity contribution < 1.29 is 27.6 Å². The molecule has 29 heavy (non-hydrogen) atoms. The van der Waals surface area contributed by atoms with Crippen LogP contribution in [0.25, 0.3) is 0 Å². The average Bonchev–Trinajstić information content (AvgIpc) is 2.73. The van der Waals surface area contributed by atoms with Crippen LogP contribution in [0.4, 0.5) is 13.2 Å². The second-order valence-electron chi connectivity index (χ2n) is 6.74. The van der Waals surface area contributed by atoms with E-state index in [-0.39, 0.29) is 44.1 Å². The zero-order chi connectivity index (χ0) is 21.0. The number of ketones is 1. The maximum absolute atomic E-state index is 12.8. The van der Waals surface area contributed by atoms with Gasteiger partial charge in [0.15, 0.2) is 0 Å². The highest BCUT2D eigenvalue weighted by Crippen LogP contribution is 2.29. The quantitative estimate of drug-likeness (QED) is 0.582. The molecular weight excluding hydrogens is 385 g/mol. The Morgan fingerprint density at radius 1 is 0.828 bits per heavy atom. The summed E-state index contributed by atoms with van der Waals surface area (Å²) in [5, 5.41) is 0. The number of Topliss-reactive ketones (excluding diaryl/α,β-unsaturated/α-hetero) is 1. The van der Waals surface area contributed by atoms with Crippen molar-refractivity contribution in [1.82, 2.24) is 9.80 Å². The highest BCUT2D eigenvalue weighted by atomic mass is 19.4. The third-order valence-electron chi connectivity index (χ3n) is 4.76. The molecule has 2 aromatic carbocycles. The summed E-state index contributed by atoms with van der Waals surface area (Å²) in [7, 11) is 0. The molecule has 0 atom stereocenters. The molecule has 152 valence electrons. The molecule has 8 heteroatoms. The lowest BCUT2D eigenvalue weighted by Gasteiger charge is -2.34. The number of hydrogen-bond donors (Lipinski definition) is 0. The van der Waals surface area contributed by atoms with E-state index in [0.29, 0.717) is 6.07 Å². The van der Waals surface area contributed by atoms with Crippen molar-refractivity contribution in [2.75, 3.05) is 26.2 Å². The predicted octanol–water partition coefficient (Wildman–Crippen LogP) is 2.80. The predicted molar refractivity (Wildman–Crippen MR) is 99.1 cm³/mol. The van der Waals surface area contributed by atoms with E-state index in [2.05, 4.69) is 0 Å². The van der Waals surface area contributed by atoms with Crippen LogP contribution in [0, 0.1) is 0 Å². The van der Waals surface area contributed by atoms with Crippen molar-refractivity contribution in [3.63, 3.8) is 0 Å². The fourth-order valence-corrected chi connectivity index (χ4v) is 3.15. The van der Waals surface area contributed by atoms with Crippen LogP contribution in [0.5, 0.6) is 0 Å². The van der Waals surface area contributed by atoms with E-state index in [4.69, 9.17) is 0 Å². The molecule has 0 radical (unpaired) electrons. The van der Waals surface area contributed by atoms with Crippen LogP contribution in [-0.2, 0) is 22.2 Å². The van der Waals surface area contributed by atoms with Crippen molar-refractivity contribution in [3.8, 4) is 0 Å². The lowest BCUT2D eigenvalue weighted by atomic mass is 10.1. The van der Waals surface area contributed by atoms with Crippen LogP contribution in [0.15, 0.2) is 54.6 Å². The molecule has 0 aliphatic carbocycles. The number of piperazine rings is 1. The molecule has 2 amide bonds. The number of halogens is 3. The average molecular weight is 404 g/mol. The molecule has 5 nitrogen and oxygen atoms in total. The van der Waals surface area contributed by atoms with E-state index in [1.165, 1.54) is 11.0 Å². The molecule has 1 aliphatic heterocycles. The first kappa shape index (κ1) is 20.6. The summed E-state index contributed by atoms with van der Waals surface area (Å²) in [6.45, 7) is 0.856. The Kier molecular flexibility index (Phi) is 6.00. The van der Waals surface area contributed by atoms with E-state index >= 15 is 0 Å². The third-order valence-corrected chi connectivity index (χ3v) is 4.76. The van der Waals surface area contributed by atoms with Gasteiger partial charge in [-0.2, -0.15) is 13.2 Å². The molecule has 0 saturated carbocycles. The standard InChI is InChI=1S/C21H19F3N2O3/c22-21(23,24)17-8-4-7-16(14-17)19(28)20(29)26-11-9-25(10-12-26)18(27)13-15-5-2-1-3-6-15/h1-8,14H,9-13H2.